The van der Waals surface area contributed by atoms with E-state index in [4.69, 9.17) is 6.42 Å². The third-order valence-electron chi connectivity index (χ3n) is 5.80. The van der Waals surface area contributed by atoms with Gasteiger partial charge in [0.1, 0.15) is 0 Å². The fourth-order valence-electron chi connectivity index (χ4n) is 3.83. The number of aryl methyl sites for hydroxylation is 2. The van der Waals surface area contributed by atoms with Crippen LogP contribution in [0.2, 0.25) is 0 Å². The molecular weight excluding hydrogens is 442 g/mol. The summed E-state index contributed by atoms with van der Waals surface area (Å²) in [5, 5.41) is 0. The van der Waals surface area contributed by atoms with E-state index in [0.29, 0.717) is 30.0 Å². The minimum atomic E-state index is -3.54. The van der Waals surface area contributed by atoms with E-state index in [-0.39, 0.29) is 4.90 Å². The quantitative estimate of drug-likeness (QED) is 0.547. The first-order valence-electron chi connectivity index (χ1n) is 10.5. The molecule has 0 aliphatic carbocycles. The number of sulfonamides is 1. The lowest BCUT2D eigenvalue weighted by atomic mass is 10.1. The molecule has 32 heavy (non-hydrogen) atoms. The number of aromatic nitrogens is 1. The van der Waals surface area contributed by atoms with Gasteiger partial charge in [0.2, 0.25) is 10.0 Å². The van der Waals surface area contributed by atoms with Crippen molar-refractivity contribution in [3.63, 3.8) is 0 Å². The number of amides is 1. The fourth-order valence-corrected chi connectivity index (χ4v) is 6.45. The summed E-state index contributed by atoms with van der Waals surface area (Å²) in [5.41, 5.74) is 3.59. The van der Waals surface area contributed by atoms with Gasteiger partial charge in [-0.3, -0.25) is 4.79 Å². The molecule has 2 heterocycles. The molecule has 1 fully saturated rings. The summed E-state index contributed by atoms with van der Waals surface area (Å²) in [7, 11) is -3.54. The van der Waals surface area contributed by atoms with E-state index >= 15 is 0 Å². The summed E-state index contributed by atoms with van der Waals surface area (Å²) in [5.74, 6) is 2.20. The zero-order chi connectivity index (χ0) is 22.9. The zero-order valence-electron chi connectivity index (χ0n) is 18.2. The van der Waals surface area contributed by atoms with Crippen LogP contribution >= 0.6 is 11.3 Å². The van der Waals surface area contributed by atoms with Gasteiger partial charge < -0.3 is 4.57 Å². The number of hydrogen-bond acceptors (Lipinski definition) is 4. The Kier molecular flexibility index (Phi) is 6.33. The molecule has 1 aliphatic heterocycles. The van der Waals surface area contributed by atoms with Gasteiger partial charge in [-0.2, -0.15) is 9.30 Å². The molecule has 2 aromatic carbocycles. The molecule has 0 unspecified atom stereocenters. The van der Waals surface area contributed by atoms with Crippen LogP contribution in [0.15, 0.2) is 46.3 Å². The Morgan fingerprint density at radius 2 is 1.75 bits per heavy atom. The number of carbonyl (C=O) groups excluding carboxylic acids is 1. The molecule has 0 spiro atoms. The average Bonchev–Trinajstić information content (AvgIpc) is 3.10. The smallest absolute Gasteiger partial charge is 0.279 e. The maximum Gasteiger partial charge on any atom is 0.279 e. The molecule has 3 aromatic rings. The van der Waals surface area contributed by atoms with Crippen LogP contribution in [0.1, 0.15) is 40.7 Å². The molecule has 166 valence electrons. The summed E-state index contributed by atoms with van der Waals surface area (Å²) in [6.45, 7) is 5.47. The molecular formula is C24H25N3O3S2. The Bertz CT molecular complexity index is 1390. The van der Waals surface area contributed by atoms with Crippen LogP contribution in [0.3, 0.4) is 0 Å². The Morgan fingerprint density at radius 3 is 2.41 bits per heavy atom. The van der Waals surface area contributed by atoms with Crippen molar-refractivity contribution in [2.45, 2.75) is 44.6 Å². The van der Waals surface area contributed by atoms with E-state index in [1.807, 2.05) is 18.4 Å². The van der Waals surface area contributed by atoms with Crippen LogP contribution in [0, 0.1) is 26.2 Å². The van der Waals surface area contributed by atoms with E-state index in [9.17, 15) is 13.2 Å². The van der Waals surface area contributed by atoms with Gasteiger partial charge in [-0.25, -0.2) is 8.42 Å². The maximum atomic E-state index is 12.9. The van der Waals surface area contributed by atoms with Crippen LogP contribution in [0.25, 0.3) is 10.2 Å². The number of piperidine rings is 1. The Labute approximate surface area is 192 Å². The molecule has 1 aliphatic rings. The molecule has 1 amide bonds. The van der Waals surface area contributed by atoms with E-state index in [1.165, 1.54) is 39.9 Å². The first-order chi connectivity index (χ1) is 15.3. The van der Waals surface area contributed by atoms with Crippen molar-refractivity contribution in [1.82, 2.24) is 8.87 Å². The van der Waals surface area contributed by atoms with Gasteiger partial charge in [0, 0.05) is 18.7 Å². The molecule has 1 saturated heterocycles. The lowest BCUT2D eigenvalue weighted by Crippen LogP contribution is -2.35. The molecule has 6 nitrogen and oxygen atoms in total. The molecule has 8 heteroatoms. The third-order valence-corrected chi connectivity index (χ3v) is 8.75. The van der Waals surface area contributed by atoms with E-state index in [1.54, 1.807) is 0 Å². The topological polar surface area (TPSA) is 71.7 Å². The summed E-state index contributed by atoms with van der Waals surface area (Å²) in [6, 6.07) is 10.2. The number of hydrogen-bond donors (Lipinski definition) is 0. The molecule has 0 N–H and O–H groups in total. The van der Waals surface area contributed by atoms with Gasteiger partial charge in [0.25, 0.3) is 5.91 Å². The summed E-state index contributed by atoms with van der Waals surface area (Å²) < 4.78 is 30.0. The third kappa shape index (κ3) is 4.29. The molecule has 0 atom stereocenters. The Balaban J connectivity index is 1.67. The molecule has 4 rings (SSSR count). The monoisotopic (exact) mass is 467 g/mol. The predicted molar refractivity (Wildman–Crippen MR) is 127 cm³/mol. The summed E-state index contributed by atoms with van der Waals surface area (Å²) in [6.07, 6.45) is 8.36. The Hall–Kier alpha value is -2.73. The lowest BCUT2D eigenvalue weighted by Gasteiger charge is -2.25. The van der Waals surface area contributed by atoms with Crippen molar-refractivity contribution < 1.29 is 13.2 Å². The van der Waals surface area contributed by atoms with Crippen LogP contribution in [0.4, 0.5) is 0 Å². The maximum absolute atomic E-state index is 12.9. The van der Waals surface area contributed by atoms with E-state index in [2.05, 4.69) is 23.0 Å². The second-order valence-electron chi connectivity index (χ2n) is 7.99. The Morgan fingerprint density at radius 1 is 1.09 bits per heavy atom. The van der Waals surface area contributed by atoms with Crippen molar-refractivity contribution in [2.75, 3.05) is 13.1 Å². The number of carbonyl (C=O) groups is 1. The highest BCUT2D eigenvalue weighted by molar-refractivity contribution is 7.89. The van der Waals surface area contributed by atoms with Crippen molar-refractivity contribution in [3.8, 4) is 12.3 Å². The van der Waals surface area contributed by atoms with Gasteiger partial charge in [-0.05, 0) is 74.2 Å². The highest BCUT2D eigenvalue weighted by Crippen LogP contribution is 2.23. The average molecular weight is 468 g/mol. The van der Waals surface area contributed by atoms with Gasteiger partial charge in [-0.15, -0.1) is 6.42 Å². The number of benzene rings is 2. The summed E-state index contributed by atoms with van der Waals surface area (Å²) >= 11 is 1.41. The minimum Gasteiger partial charge on any atom is -0.305 e. The van der Waals surface area contributed by atoms with Gasteiger partial charge >= 0.3 is 0 Å². The van der Waals surface area contributed by atoms with Crippen LogP contribution in [0.5, 0.6) is 0 Å². The molecule has 1 aromatic heterocycles. The first kappa shape index (κ1) is 22.5. The lowest BCUT2D eigenvalue weighted by molar-refractivity contribution is 0.0998. The number of fused-ring (bicyclic) bond motifs is 1. The first-order valence-corrected chi connectivity index (χ1v) is 12.8. The normalized spacial score (nSPS) is 15.7. The molecule has 0 saturated carbocycles. The van der Waals surface area contributed by atoms with Crippen molar-refractivity contribution in [1.29, 1.82) is 0 Å². The minimum absolute atomic E-state index is 0.200. The summed E-state index contributed by atoms with van der Waals surface area (Å²) in [4.78, 5) is 17.9. The van der Waals surface area contributed by atoms with Crippen LogP contribution in [-0.4, -0.2) is 36.3 Å². The number of nitrogens with zero attached hydrogens (tertiary/aromatic N) is 3. The van der Waals surface area contributed by atoms with Crippen molar-refractivity contribution in [2.24, 2.45) is 4.99 Å². The SMILES string of the molecule is C#CCn1c(=NC(=O)c2ccc(S(=O)(=O)N3CCCCC3)cc2)sc2cc(C)c(C)cc21. The number of rotatable bonds is 4. The second kappa shape index (κ2) is 9.02. The highest BCUT2D eigenvalue weighted by atomic mass is 32.2. The largest absolute Gasteiger partial charge is 0.305 e. The van der Waals surface area contributed by atoms with E-state index in [0.717, 1.165) is 40.6 Å². The van der Waals surface area contributed by atoms with E-state index < -0.39 is 15.9 Å². The standard InChI is InChI=1S/C24H25N3O3S2/c1-4-12-27-21-15-17(2)18(3)16-22(21)31-24(27)25-23(28)19-8-10-20(11-9-19)32(29,30)26-13-6-5-7-14-26/h1,8-11,15-16H,5-7,12-14H2,2-3H3. The number of terminal acetylenes is 1. The van der Waals surface area contributed by atoms with Crippen molar-refractivity contribution >= 4 is 37.5 Å². The van der Waals surface area contributed by atoms with Crippen LogP contribution in [-0.2, 0) is 16.6 Å². The second-order valence-corrected chi connectivity index (χ2v) is 10.9. The van der Waals surface area contributed by atoms with Gasteiger partial charge in [-0.1, -0.05) is 23.7 Å². The number of thiazole rings is 1. The van der Waals surface area contributed by atoms with Gasteiger partial charge in [0.15, 0.2) is 4.80 Å². The van der Waals surface area contributed by atoms with Crippen LogP contribution < -0.4 is 4.80 Å². The zero-order valence-corrected chi connectivity index (χ0v) is 19.8. The van der Waals surface area contributed by atoms with Crippen molar-refractivity contribution in [3.05, 3.63) is 57.9 Å². The fraction of sp³-hybridized carbons (Fsp3) is 0.333. The van der Waals surface area contributed by atoms with Gasteiger partial charge in [0.05, 0.1) is 21.7 Å². The predicted octanol–water partition coefficient (Wildman–Crippen LogP) is 3.87. The molecule has 0 radical (unpaired) electrons. The highest BCUT2D eigenvalue weighted by Gasteiger charge is 2.26. The molecule has 0 bridgehead atoms.